The summed E-state index contributed by atoms with van der Waals surface area (Å²) in [4.78, 5) is 20.6. The van der Waals surface area contributed by atoms with Crippen LogP contribution in [0.4, 0.5) is 0 Å². The Morgan fingerprint density at radius 2 is 0.833 bits per heavy atom. The van der Waals surface area contributed by atoms with Gasteiger partial charge in [0.25, 0.3) is 0 Å². The molecule has 0 aliphatic rings. The van der Waals surface area contributed by atoms with Crippen LogP contribution >= 0.6 is 0 Å². The highest BCUT2D eigenvalue weighted by Crippen LogP contribution is 2.14. The van der Waals surface area contributed by atoms with Gasteiger partial charge in [-0.05, 0) is 12.8 Å². The van der Waals surface area contributed by atoms with E-state index in [-0.39, 0.29) is 0 Å². The number of hydrogen-bond acceptors (Lipinski definition) is 2. The molecule has 0 fully saturated rings. The molecule has 3 heteroatoms. The summed E-state index contributed by atoms with van der Waals surface area (Å²) in [7, 11) is 0. The molecule has 0 unspecified atom stereocenters. The van der Waals surface area contributed by atoms with Crippen molar-refractivity contribution in [3.8, 4) is 0 Å². The van der Waals surface area contributed by atoms with Crippen LogP contribution in [0.2, 0.25) is 0 Å². The highest BCUT2D eigenvalue weighted by Gasteiger charge is 1.97. The maximum Gasteiger partial charge on any atom is 0.303 e. The number of aldehydes is 1. The van der Waals surface area contributed by atoms with Gasteiger partial charge in [0.1, 0.15) is 6.29 Å². The number of aliphatic carboxylic acids is 1. The second-order valence-corrected chi connectivity index (χ2v) is 7.11. The van der Waals surface area contributed by atoms with Crippen LogP contribution in [0.5, 0.6) is 0 Å². The molecule has 0 saturated heterocycles. The molecule has 0 atom stereocenters. The molecule has 0 aliphatic heterocycles. The van der Waals surface area contributed by atoms with Crippen LogP contribution in [0.3, 0.4) is 0 Å². The van der Waals surface area contributed by atoms with Crippen molar-refractivity contribution in [3.63, 3.8) is 0 Å². The van der Waals surface area contributed by atoms with Crippen molar-refractivity contribution in [2.75, 3.05) is 0 Å². The maximum atomic E-state index is 10.4. The van der Waals surface area contributed by atoms with Crippen molar-refractivity contribution in [2.24, 2.45) is 0 Å². The number of carboxylic acids is 1. The molecule has 0 aromatic heterocycles. The Morgan fingerprint density at radius 3 is 1.12 bits per heavy atom. The summed E-state index contributed by atoms with van der Waals surface area (Å²) in [5.41, 5.74) is 0. The molecule has 0 saturated carbocycles. The minimum Gasteiger partial charge on any atom is -0.481 e. The van der Waals surface area contributed by atoms with Gasteiger partial charge in [0.15, 0.2) is 0 Å². The summed E-state index contributed by atoms with van der Waals surface area (Å²) in [6, 6.07) is 0. The fourth-order valence-corrected chi connectivity index (χ4v) is 3.16. The molecule has 0 aromatic rings. The van der Waals surface area contributed by atoms with Crippen LogP contribution in [0, 0.1) is 0 Å². The van der Waals surface area contributed by atoms with Gasteiger partial charge in [-0.25, -0.2) is 0 Å². The zero-order valence-corrected chi connectivity index (χ0v) is 15.8. The number of carboxylic acid groups (broad SMARTS) is 1. The first kappa shape index (κ1) is 23.1. The number of unbranched alkanes of at least 4 members (excludes halogenated alkanes) is 17. The van der Waals surface area contributed by atoms with Crippen molar-refractivity contribution in [1.29, 1.82) is 0 Å². The van der Waals surface area contributed by atoms with Gasteiger partial charge in [0, 0.05) is 12.8 Å². The van der Waals surface area contributed by atoms with E-state index in [1.54, 1.807) is 0 Å². The monoisotopic (exact) mass is 340 g/mol. The highest BCUT2D eigenvalue weighted by molar-refractivity contribution is 5.66. The number of hydrogen-bond donors (Lipinski definition) is 1. The maximum absolute atomic E-state index is 10.4. The zero-order valence-electron chi connectivity index (χ0n) is 15.8. The average molecular weight is 341 g/mol. The van der Waals surface area contributed by atoms with Gasteiger partial charge in [0.05, 0.1) is 0 Å². The zero-order chi connectivity index (χ0) is 17.7. The van der Waals surface area contributed by atoms with E-state index >= 15 is 0 Å². The summed E-state index contributed by atoms with van der Waals surface area (Å²) in [6.07, 6.45) is 23.7. The Balaban J connectivity index is 2.98. The Hall–Kier alpha value is -0.860. The number of carbonyl (C=O) groups is 2. The molecule has 0 heterocycles. The summed E-state index contributed by atoms with van der Waals surface area (Å²) in [6.45, 7) is 0. The number of rotatable bonds is 20. The van der Waals surface area contributed by atoms with E-state index in [1.165, 1.54) is 89.9 Å². The third kappa shape index (κ3) is 21.1. The molecule has 142 valence electrons. The lowest BCUT2D eigenvalue weighted by atomic mass is 10.0. The highest BCUT2D eigenvalue weighted by atomic mass is 16.4. The van der Waals surface area contributed by atoms with Crippen molar-refractivity contribution < 1.29 is 14.7 Å². The van der Waals surface area contributed by atoms with Gasteiger partial charge in [-0.15, -0.1) is 0 Å². The number of carbonyl (C=O) groups excluding carboxylic acids is 1. The first-order valence-corrected chi connectivity index (χ1v) is 10.4. The molecule has 0 bridgehead atoms. The standard InChI is InChI=1S/C21H40O3/c22-20-18-16-14-12-10-8-6-4-2-1-3-5-7-9-11-13-15-17-19-21(23)24/h20H,1-19H2,(H,23,24). The Kier molecular flexibility index (Phi) is 19.5. The van der Waals surface area contributed by atoms with Gasteiger partial charge in [-0.1, -0.05) is 96.3 Å². The Morgan fingerprint density at radius 1 is 0.542 bits per heavy atom. The molecule has 1 N–H and O–H groups in total. The molecule has 0 spiro atoms. The minimum absolute atomic E-state index is 0.334. The lowest BCUT2D eigenvalue weighted by molar-refractivity contribution is -0.137. The molecule has 0 aliphatic carbocycles. The fourth-order valence-electron chi connectivity index (χ4n) is 3.16. The molecule has 0 aromatic carbocycles. The smallest absolute Gasteiger partial charge is 0.303 e. The fraction of sp³-hybridized carbons (Fsp3) is 0.905. The van der Waals surface area contributed by atoms with Crippen LogP contribution in [0.25, 0.3) is 0 Å². The lowest BCUT2D eigenvalue weighted by Crippen LogP contribution is -1.93. The quantitative estimate of drug-likeness (QED) is 0.198. The van der Waals surface area contributed by atoms with Crippen LogP contribution in [-0.4, -0.2) is 17.4 Å². The summed E-state index contributed by atoms with van der Waals surface area (Å²) >= 11 is 0. The third-order valence-corrected chi connectivity index (χ3v) is 4.71. The van der Waals surface area contributed by atoms with E-state index in [2.05, 4.69) is 0 Å². The molecule has 3 nitrogen and oxygen atoms in total. The van der Waals surface area contributed by atoms with Gasteiger partial charge in [-0.3, -0.25) is 4.79 Å². The molecular weight excluding hydrogens is 300 g/mol. The minimum atomic E-state index is -0.662. The Labute approximate surface area is 149 Å². The first-order chi connectivity index (χ1) is 11.8. The van der Waals surface area contributed by atoms with Gasteiger partial charge in [-0.2, -0.15) is 0 Å². The van der Waals surface area contributed by atoms with Crippen molar-refractivity contribution in [3.05, 3.63) is 0 Å². The molecule has 24 heavy (non-hydrogen) atoms. The van der Waals surface area contributed by atoms with Crippen molar-refractivity contribution >= 4 is 12.3 Å². The second-order valence-electron chi connectivity index (χ2n) is 7.11. The summed E-state index contributed by atoms with van der Waals surface area (Å²) < 4.78 is 0. The van der Waals surface area contributed by atoms with E-state index in [1.807, 2.05) is 0 Å². The molecule has 0 amide bonds. The third-order valence-electron chi connectivity index (χ3n) is 4.71. The van der Waals surface area contributed by atoms with Crippen molar-refractivity contribution in [1.82, 2.24) is 0 Å². The molecule has 0 rings (SSSR count). The predicted molar refractivity (Wildman–Crippen MR) is 101 cm³/mol. The SMILES string of the molecule is O=CCCCCCCCCCCCCCCCCCCCC(=O)O. The predicted octanol–water partition coefficient (Wildman–Crippen LogP) is 6.68. The van der Waals surface area contributed by atoms with E-state index in [0.29, 0.717) is 6.42 Å². The van der Waals surface area contributed by atoms with Crippen LogP contribution < -0.4 is 0 Å². The van der Waals surface area contributed by atoms with Gasteiger partial charge in [0.2, 0.25) is 0 Å². The summed E-state index contributed by atoms with van der Waals surface area (Å²) in [5.74, 6) is -0.662. The second kappa shape index (κ2) is 20.2. The summed E-state index contributed by atoms with van der Waals surface area (Å²) in [5, 5.41) is 8.55. The van der Waals surface area contributed by atoms with Crippen molar-refractivity contribution in [2.45, 2.75) is 122 Å². The normalized spacial score (nSPS) is 10.8. The van der Waals surface area contributed by atoms with E-state index in [0.717, 1.165) is 32.0 Å². The van der Waals surface area contributed by atoms with Crippen LogP contribution in [-0.2, 0) is 9.59 Å². The molecule has 0 radical (unpaired) electrons. The van der Waals surface area contributed by atoms with E-state index in [9.17, 15) is 9.59 Å². The average Bonchev–Trinajstić information content (AvgIpc) is 2.56. The largest absolute Gasteiger partial charge is 0.481 e. The topological polar surface area (TPSA) is 54.4 Å². The molecular formula is C21H40O3. The van der Waals surface area contributed by atoms with Gasteiger partial charge < -0.3 is 9.90 Å². The van der Waals surface area contributed by atoms with Gasteiger partial charge >= 0.3 is 5.97 Å². The van der Waals surface area contributed by atoms with Crippen LogP contribution in [0.15, 0.2) is 0 Å². The Bertz CT molecular complexity index is 276. The van der Waals surface area contributed by atoms with E-state index in [4.69, 9.17) is 5.11 Å². The van der Waals surface area contributed by atoms with E-state index < -0.39 is 5.97 Å². The first-order valence-electron chi connectivity index (χ1n) is 10.4. The lowest BCUT2D eigenvalue weighted by Gasteiger charge is -2.03. The van der Waals surface area contributed by atoms with Crippen LogP contribution in [0.1, 0.15) is 122 Å².